The summed E-state index contributed by atoms with van der Waals surface area (Å²) >= 11 is 0. The SMILES string of the molecule is COCCC(C)NCc1nonc1C. The van der Waals surface area contributed by atoms with E-state index in [2.05, 4.69) is 27.2 Å². The summed E-state index contributed by atoms with van der Waals surface area (Å²) in [6.45, 7) is 5.46. The van der Waals surface area contributed by atoms with Crippen molar-refractivity contribution in [2.24, 2.45) is 0 Å². The third kappa shape index (κ3) is 3.43. The van der Waals surface area contributed by atoms with Gasteiger partial charge in [-0.3, -0.25) is 0 Å². The number of hydrogen-bond acceptors (Lipinski definition) is 5. The molecule has 1 N–H and O–H groups in total. The number of nitrogens with one attached hydrogen (secondary N) is 1. The highest BCUT2D eigenvalue weighted by Crippen LogP contribution is 2.00. The van der Waals surface area contributed by atoms with Crippen LogP contribution in [0.4, 0.5) is 0 Å². The average Bonchev–Trinajstić information content (AvgIpc) is 2.58. The highest BCUT2D eigenvalue weighted by molar-refractivity contribution is 5.03. The summed E-state index contributed by atoms with van der Waals surface area (Å²) in [6, 6.07) is 0.408. The lowest BCUT2D eigenvalue weighted by atomic mass is 10.2. The molecule has 0 aliphatic carbocycles. The second-order valence-corrected chi connectivity index (χ2v) is 3.36. The van der Waals surface area contributed by atoms with Crippen molar-refractivity contribution in [3.8, 4) is 0 Å². The van der Waals surface area contributed by atoms with Crippen LogP contribution in [-0.4, -0.2) is 30.1 Å². The molecule has 5 nitrogen and oxygen atoms in total. The van der Waals surface area contributed by atoms with Crippen LogP contribution in [0.2, 0.25) is 0 Å². The summed E-state index contributed by atoms with van der Waals surface area (Å²) < 4.78 is 9.58. The fourth-order valence-electron chi connectivity index (χ4n) is 1.08. The Kier molecular flexibility index (Phi) is 4.55. The van der Waals surface area contributed by atoms with Crippen LogP contribution in [0.5, 0.6) is 0 Å². The van der Waals surface area contributed by atoms with Crippen molar-refractivity contribution >= 4 is 0 Å². The molecule has 0 spiro atoms. The van der Waals surface area contributed by atoms with Crippen LogP contribution in [0.1, 0.15) is 24.7 Å². The molecule has 0 saturated carbocycles. The van der Waals surface area contributed by atoms with E-state index in [9.17, 15) is 0 Å². The van der Waals surface area contributed by atoms with Gasteiger partial charge in [0.15, 0.2) is 0 Å². The first-order valence-electron chi connectivity index (χ1n) is 4.74. The first-order valence-corrected chi connectivity index (χ1v) is 4.74. The average molecular weight is 199 g/mol. The minimum atomic E-state index is 0.408. The Hall–Kier alpha value is -0.940. The minimum absolute atomic E-state index is 0.408. The molecule has 0 aliphatic heterocycles. The van der Waals surface area contributed by atoms with Crippen molar-refractivity contribution in [2.45, 2.75) is 32.9 Å². The lowest BCUT2D eigenvalue weighted by molar-refractivity contribution is 0.184. The predicted octanol–water partition coefficient (Wildman–Crippen LogP) is 0.893. The second kappa shape index (κ2) is 5.72. The third-order valence-electron chi connectivity index (χ3n) is 2.12. The summed E-state index contributed by atoms with van der Waals surface area (Å²) in [5.74, 6) is 0. The Labute approximate surface area is 83.8 Å². The van der Waals surface area contributed by atoms with E-state index >= 15 is 0 Å². The number of aromatic nitrogens is 2. The van der Waals surface area contributed by atoms with Crippen molar-refractivity contribution < 1.29 is 9.37 Å². The standard InChI is InChI=1S/C9H17N3O2/c1-7(4-5-13-3)10-6-9-8(2)11-14-12-9/h7,10H,4-6H2,1-3H3. The molecule has 0 bridgehead atoms. The van der Waals surface area contributed by atoms with Crippen molar-refractivity contribution in [1.29, 1.82) is 0 Å². The molecule has 1 unspecified atom stereocenters. The van der Waals surface area contributed by atoms with Crippen LogP contribution in [0.15, 0.2) is 4.63 Å². The second-order valence-electron chi connectivity index (χ2n) is 3.36. The Bertz CT molecular complexity index is 262. The molecular formula is C9H17N3O2. The van der Waals surface area contributed by atoms with Crippen molar-refractivity contribution in [2.75, 3.05) is 13.7 Å². The maximum absolute atomic E-state index is 4.99. The zero-order valence-electron chi connectivity index (χ0n) is 8.91. The topological polar surface area (TPSA) is 60.2 Å². The van der Waals surface area contributed by atoms with E-state index in [1.807, 2.05) is 6.92 Å². The van der Waals surface area contributed by atoms with Crippen molar-refractivity contribution in [1.82, 2.24) is 15.6 Å². The molecule has 0 aliphatic rings. The number of methoxy groups -OCH3 is 1. The van der Waals surface area contributed by atoms with Gasteiger partial charge in [-0.2, -0.15) is 0 Å². The highest BCUT2D eigenvalue weighted by Gasteiger charge is 2.06. The first kappa shape index (κ1) is 11.1. The van der Waals surface area contributed by atoms with Gasteiger partial charge in [0.1, 0.15) is 11.4 Å². The molecular weight excluding hydrogens is 182 g/mol. The van der Waals surface area contributed by atoms with Crippen LogP contribution in [0, 0.1) is 6.92 Å². The summed E-state index contributed by atoms with van der Waals surface area (Å²) in [5.41, 5.74) is 1.71. The Balaban J connectivity index is 2.23. The number of nitrogens with zero attached hydrogens (tertiary/aromatic N) is 2. The number of ether oxygens (including phenoxy) is 1. The minimum Gasteiger partial charge on any atom is -0.385 e. The first-order chi connectivity index (χ1) is 6.74. The normalized spacial score (nSPS) is 13.1. The Morgan fingerprint density at radius 2 is 2.29 bits per heavy atom. The van der Waals surface area contributed by atoms with E-state index in [4.69, 9.17) is 4.74 Å². The molecule has 14 heavy (non-hydrogen) atoms. The van der Waals surface area contributed by atoms with Crippen LogP contribution < -0.4 is 5.32 Å². The van der Waals surface area contributed by atoms with Gasteiger partial charge in [0.2, 0.25) is 0 Å². The van der Waals surface area contributed by atoms with E-state index in [0.29, 0.717) is 12.6 Å². The third-order valence-corrected chi connectivity index (χ3v) is 2.12. The van der Waals surface area contributed by atoms with Gasteiger partial charge >= 0.3 is 0 Å². The molecule has 1 heterocycles. The van der Waals surface area contributed by atoms with E-state index in [1.54, 1.807) is 7.11 Å². The zero-order chi connectivity index (χ0) is 10.4. The van der Waals surface area contributed by atoms with Gasteiger partial charge in [-0.15, -0.1) is 0 Å². The fraction of sp³-hybridized carbons (Fsp3) is 0.778. The molecule has 0 fully saturated rings. The van der Waals surface area contributed by atoms with Crippen LogP contribution in [0.25, 0.3) is 0 Å². The summed E-state index contributed by atoms with van der Waals surface area (Å²) in [6.07, 6.45) is 0.987. The van der Waals surface area contributed by atoms with Gasteiger partial charge in [0.25, 0.3) is 0 Å². The predicted molar refractivity (Wildman–Crippen MR) is 51.8 cm³/mol. The maximum Gasteiger partial charge on any atom is 0.121 e. The largest absolute Gasteiger partial charge is 0.385 e. The van der Waals surface area contributed by atoms with E-state index in [1.165, 1.54) is 0 Å². The summed E-state index contributed by atoms with van der Waals surface area (Å²) in [7, 11) is 1.71. The smallest absolute Gasteiger partial charge is 0.121 e. The molecule has 80 valence electrons. The fourth-order valence-corrected chi connectivity index (χ4v) is 1.08. The molecule has 1 rings (SSSR count). The van der Waals surface area contributed by atoms with Crippen LogP contribution >= 0.6 is 0 Å². The molecule has 0 radical (unpaired) electrons. The zero-order valence-corrected chi connectivity index (χ0v) is 8.91. The van der Waals surface area contributed by atoms with Gasteiger partial charge in [0, 0.05) is 26.3 Å². The lowest BCUT2D eigenvalue weighted by Gasteiger charge is -2.11. The molecule has 1 aromatic rings. The molecule has 0 saturated heterocycles. The quantitative estimate of drug-likeness (QED) is 0.737. The van der Waals surface area contributed by atoms with Gasteiger partial charge in [-0.1, -0.05) is 10.3 Å². The summed E-state index contributed by atoms with van der Waals surface area (Å²) in [5, 5.41) is 10.8. The summed E-state index contributed by atoms with van der Waals surface area (Å²) in [4.78, 5) is 0. The Morgan fingerprint density at radius 1 is 1.50 bits per heavy atom. The molecule has 1 atom stereocenters. The number of aryl methyl sites for hydroxylation is 1. The Morgan fingerprint density at radius 3 is 2.86 bits per heavy atom. The van der Waals surface area contributed by atoms with Crippen molar-refractivity contribution in [3.63, 3.8) is 0 Å². The van der Waals surface area contributed by atoms with Crippen molar-refractivity contribution in [3.05, 3.63) is 11.4 Å². The molecule has 1 aromatic heterocycles. The van der Waals surface area contributed by atoms with E-state index in [-0.39, 0.29) is 0 Å². The molecule has 5 heteroatoms. The van der Waals surface area contributed by atoms with Gasteiger partial charge in [-0.25, -0.2) is 4.63 Å². The van der Waals surface area contributed by atoms with Crippen LogP contribution in [-0.2, 0) is 11.3 Å². The highest BCUT2D eigenvalue weighted by atomic mass is 16.6. The number of hydrogen-bond donors (Lipinski definition) is 1. The number of rotatable bonds is 6. The molecule has 0 aromatic carbocycles. The lowest BCUT2D eigenvalue weighted by Crippen LogP contribution is -2.27. The molecule has 0 amide bonds. The van der Waals surface area contributed by atoms with Gasteiger partial charge in [-0.05, 0) is 20.3 Å². The van der Waals surface area contributed by atoms with Crippen LogP contribution in [0.3, 0.4) is 0 Å². The van der Waals surface area contributed by atoms with Gasteiger partial charge < -0.3 is 10.1 Å². The van der Waals surface area contributed by atoms with Gasteiger partial charge in [0.05, 0.1) is 0 Å². The van der Waals surface area contributed by atoms with E-state index < -0.39 is 0 Å². The van der Waals surface area contributed by atoms with E-state index in [0.717, 1.165) is 24.4 Å². The maximum atomic E-state index is 4.99. The monoisotopic (exact) mass is 199 g/mol.